The van der Waals surface area contributed by atoms with Gasteiger partial charge in [0.1, 0.15) is 5.82 Å². The fourth-order valence-corrected chi connectivity index (χ4v) is 2.37. The second-order valence-electron chi connectivity index (χ2n) is 4.36. The standard InChI is InChI=1S/C13H16IN3/c1-8-4-5-9(2)11(6-8)10(3)17-13(15)12(14)7-16-17/h4-7,10H,15H2,1-3H3. The predicted octanol–water partition coefficient (Wildman–Crippen LogP) is 3.30. The molecule has 0 bridgehead atoms. The first-order valence-corrected chi connectivity index (χ1v) is 6.64. The first-order valence-electron chi connectivity index (χ1n) is 5.56. The molecule has 0 saturated heterocycles. The van der Waals surface area contributed by atoms with Crippen molar-refractivity contribution in [1.29, 1.82) is 0 Å². The molecular weight excluding hydrogens is 325 g/mol. The van der Waals surface area contributed by atoms with E-state index in [-0.39, 0.29) is 6.04 Å². The number of nitrogens with zero attached hydrogens (tertiary/aromatic N) is 2. The summed E-state index contributed by atoms with van der Waals surface area (Å²) in [5.41, 5.74) is 9.83. The van der Waals surface area contributed by atoms with Gasteiger partial charge in [0, 0.05) is 0 Å². The average molecular weight is 341 g/mol. The molecule has 0 aliphatic rings. The van der Waals surface area contributed by atoms with E-state index in [1.54, 1.807) is 6.20 Å². The first-order chi connectivity index (χ1) is 8.00. The Balaban J connectivity index is 2.47. The molecule has 0 amide bonds. The lowest BCUT2D eigenvalue weighted by atomic mass is 10.0. The first kappa shape index (κ1) is 12.4. The molecule has 0 saturated carbocycles. The van der Waals surface area contributed by atoms with E-state index in [0.717, 1.165) is 9.39 Å². The van der Waals surface area contributed by atoms with Crippen molar-refractivity contribution in [3.05, 3.63) is 44.7 Å². The molecule has 0 fully saturated rings. The van der Waals surface area contributed by atoms with Gasteiger partial charge in [0.15, 0.2) is 0 Å². The number of nitrogens with two attached hydrogens (primary N) is 1. The quantitative estimate of drug-likeness (QED) is 0.852. The number of hydrogen-bond acceptors (Lipinski definition) is 2. The van der Waals surface area contributed by atoms with E-state index in [1.165, 1.54) is 16.7 Å². The summed E-state index contributed by atoms with van der Waals surface area (Å²) in [4.78, 5) is 0. The molecule has 2 N–H and O–H groups in total. The van der Waals surface area contributed by atoms with Gasteiger partial charge < -0.3 is 5.73 Å². The Bertz CT molecular complexity index is 546. The van der Waals surface area contributed by atoms with E-state index in [0.29, 0.717) is 0 Å². The van der Waals surface area contributed by atoms with Crippen molar-refractivity contribution in [1.82, 2.24) is 9.78 Å². The second kappa shape index (κ2) is 4.68. The van der Waals surface area contributed by atoms with Gasteiger partial charge >= 0.3 is 0 Å². The molecule has 3 nitrogen and oxygen atoms in total. The Hall–Kier alpha value is -1.04. The van der Waals surface area contributed by atoms with Gasteiger partial charge in [-0.05, 0) is 54.5 Å². The fraction of sp³-hybridized carbons (Fsp3) is 0.308. The molecule has 2 aromatic rings. The van der Waals surface area contributed by atoms with E-state index in [9.17, 15) is 0 Å². The summed E-state index contributed by atoms with van der Waals surface area (Å²) in [5, 5.41) is 4.35. The lowest BCUT2D eigenvalue weighted by molar-refractivity contribution is 0.570. The molecule has 1 aromatic heterocycles. The number of halogens is 1. The van der Waals surface area contributed by atoms with Gasteiger partial charge in [0.2, 0.25) is 0 Å². The maximum Gasteiger partial charge on any atom is 0.135 e. The Morgan fingerprint density at radius 3 is 2.65 bits per heavy atom. The van der Waals surface area contributed by atoms with Crippen molar-refractivity contribution >= 4 is 28.4 Å². The Labute approximate surface area is 115 Å². The SMILES string of the molecule is Cc1ccc(C)c(C(C)n2ncc(I)c2N)c1. The monoisotopic (exact) mass is 341 g/mol. The van der Waals surface area contributed by atoms with Gasteiger partial charge in [0.05, 0.1) is 15.8 Å². The smallest absolute Gasteiger partial charge is 0.135 e. The summed E-state index contributed by atoms with van der Waals surface area (Å²) in [5.74, 6) is 0.735. The summed E-state index contributed by atoms with van der Waals surface area (Å²) in [6.07, 6.45) is 1.80. The minimum Gasteiger partial charge on any atom is -0.383 e. The van der Waals surface area contributed by atoms with Crippen molar-refractivity contribution < 1.29 is 0 Å². The van der Waals surface area contributed by atoms with Crippen LogP contribution in [0, 0.1) is 17.4 Å². The molecule has 1 atom stereocenters. The number of rotatable bonds is 2. The van der Waals surface area contributed by atoms with Gasteiger partial charge in [-0.2, -0.15) is 5.10 Å². The third-order valence-corrected chi connectivity index (χ3v) is 3.87. The Morgan fingerprint density at radius 2 is 2.06 bits per heavy atom. The molecule has 17 heavy (non-hydrogen) atoms. The predicted molar refractivity (Wildman–Crippen MR) is 79.1 cm³/mol. The molecule has 90 valence electrons. The zero-order valence-electron chi connectivity index (χ0n) is 10.2. The zero-order valence-corrected chi connectivity index (χ0v) is 12.4. The summed E-state index contributed by atoms with van der Waals surface area (Å²) >= 11 is 2.20. The lowest BCUT2D eigenvalue weighted by Gasteiger charge is -2.17. The topological polar surface area (TPSA) is 43.8 Å². The van der Waals surface area contributed by atoms with Crippen molar-refractivity contribution in [3.8, 4) is 0 Å². The Morgan fingerprint density at radius 1 is 1.35 bits per heavy atom. The average Bonchev–Trinajstić information content (AvgIpc) is 2.62. The lowest BCUT2D eigenvalue weighted by Crippen LogP contribution is -2.13. The molecule has 2 rings (SSSR count). The van der Waals surface area contributed by atoms with Crippen molar-refractivity contribution in [3.63, 3.8) is 0 Å². The van der Waals surface area contributed by atoms with Gasteiger partial charge in [-0.25, -0.2) is 4.68 Å². The molecule has 0 aliphatic carbocycles. The maximum atomic E-state index is 6.02. The summed E-state index contributed by atoms with van der Waals surface area (Å²) < 4.78 is 2.88. The van der Waals surface area contributed by atoms with Crippen LogP contribution in [0.1, 0.15) is 29.7 Å². The van der Waals surface area contributed by atoms with Crippen LogP contribution in [0.15, 0.2) is 24.4 Å². The highest BCUT2D eigenvalue weighted by Crippen LogP contribution is 2.26. The van der Waals surface area contributed by atoms with Crippen molar-refractivity contribution in [2.24, 2.45) is 0 Å². The fourth-order valence-electron chi connectivity index (χ4n) is 2.00. The highest BCUT2D eigenvalue weighted by Gasteiger charge is 2.15. The third kappa shape index (κ3) is 2.31. The maximum absolute atomic E-state index is 6.02. The van der Waals surface area contributed by atoms with E-state index in [4.69, 9.17) is 5.73 Å². The highest BCUT2D eigenvalue weighted by molar-refractivity contribution is 14.1. The number of benzene rings is 1. The largest absolute Gasteiger partial charge is 0.383 e. The molecule has 0 radical (unpaired) electrons. The number of anilines is 1. The van der Waals surface area contributed by atoms with Crippen LogP contribution in [-0.2, 0) is 0 Å². The molecule has 4 heteroatoms. The van der Waals surface area contributed by atoms with Gasteiger partial charge in [-0.1, -0.05) is 23.8 Å². The molecular formula is C13H16IN3. The Kier molecular flexibility index (Phi) is 3.42. The number of aryl methyl sites for hydroxylation is 2. The molecule has 1 unspecified atom stereocenters. The number of aromatic nitrogens is 2. The molecule has 1 aromatic carbocycles. The number of hydrogen-bond donors (Lipinski definition) is 1. The molecule has 1 heterocycles. The van der Waals surface area contributed by atoms with Crippen LogP contribution < -0.4 is 5.73 Å². The van der Waals surface area contributed by atoms with Gasteiger partial charge in [-0.3, -0.25) is 0 Å². The van der Waals surface area contributed by atoms with Crippen LogP contribution in [0.3, 0.4) is 0 Å². The highest BCUT2D eigenvalue weighted by atomic mass is 127. The minimum atomic E-state index is 0.165. The van der Waals surface area contributed by atoms with E-state index >= 15 is 0 Å². The second-order valence-corrected chi connectivity index (χ2v) is 5.52. The normalized spacial score (nSPS) is 12.7. The van der Waals surface area contributed by atoms with E-state index < -0.39 is 0 Å². The van der Waals surface area contributed by atoms with Crippen LogP contribution in [0.5, 0.6) is 0 Å². The molecule has 0 spiro atoms. The zero-order chi connectivity index (χ0) is 12.6. The van der Waals surface area contributed by atoms with E-state index in [2.05, 4.69) is 66.7 Å². The minimum absolute atomic E-state index is 0.165. The summed E-state index contributed by atoms with van der Waals surface area (Å²) in [6.45, 7) is 6.35. The van der Waals surface area contributed by atoms with Crippen molar-refractivity contribution in [2.75, 3.05) is 5.73 Å². The molecule has 0 aliphatic heterocycles. The van der Waals surface area contributed by atoms with Crippen LogP contribution in [0.25, 0.3) is 0 Å². The van der Waals surface area contributed by atoms with Gasteiger partial charge in [0.25, 0.3) is 0 Å². The summed E-state index contributed by atoms with van der Waals surface area (Å²) in [6, 6.07) is 6.64. The van der Waals surface area contributed by atoms with Crippen LogP contribution in [0.2, 0.25) is 0 Å². The van der Waals surface area contributed by atoms with Crippen LogP contribution in [0.4, 0.5) is 5.82 Å². The summed E-state index contributed by atoms with van der Waals surface area (Å²) in [7, 11) is 0. The van der Waals surface area contributed by atoms with Gasteiger partial charge in [-0.15, -0.1) is 0 Å². The third-order valence-electron chi connectivity index (χ3n) is 3.04. The van der Waals surface area contributed by atoms with Crippen molar-refractivity contribution in [2.45, 2.75) is 26.8 Å². The van der Waals surface area contributed by atoms with Crippen LogP contribution in [-0.4, -0.2) is 9.78 Å². The van der Waals surface area contributed by atoms with Crippen LogP contribution >= 0.6 is 22.6 Å². The van der Waals surface area contributed by atoms with E-state index in [1.807, 2.05) is 4.68 Å². The number of nitrogen functional groups attached to an aromatic ring is 1.